The number of nitrogens with one attached hydrogen (secondary N) is 1. The van der Waals surface area contributed by atoms with Gasteiger partial charge < -0.3 is 15.1 Å². The van der Waals surface area contributed by atoms with Gasteiger partial charge in [-0.25, -0.2) is 4.79 Å². The van der Waals surface area contributed by atoms with Crippen molar-refractivity contribution in [2.75, 3.05) is 40.4 Å². The largest absolute Gasteiger partial charge is 0.331 e. The lowest BCUT2D eigenvalue weighted by molar-refractivity contribution is 0.152. The summed E-state index contributed by atoms with van der Waals surface area (Å²) >= 11 is 0. The van der Waals surface area contributed by atoms with Gasteiger partial charge in [0.1, 0.15) is 0 Å². The molecular weight excluding hydrogens is 209 g/mol. The van der Waals surface area contributed by atoms with Crippen LogP contribution in [0.15, 0.2) is 0 Å². The van der Waals surface area contributed by atoms with Gasteiger partial charge in [0, 0.05) is 33.2 Å². The van der Waals surface area contributed by atoms with Gasteiger partial charge >= 0.3 is 6.03 Å². The van der Waals surface area contributed by atoms with Crippen LogP contribution in [-0.4, -0.2) is 62.3 Å². The van der Waals surface area contributed by atoms with Crippen LogP contribution in [0.25, 0.3) is 0 Å². The zero-order valence-corrected chi connectivity index (χ0v) is 10.2. The van der Waals surface area contributed by atoms with Crippen molar-refractivity contribution >= 4 is 6.03 Å². The number of alkyl halides is 1. The molecular formula is C11H22FN3O. The molecule has 0 aromatic heterocycles. The summed E-state index contributed by atoms with van der Waals surface area (Å²) in [6, 6.07) is 0.528. The quantitative estimate of drug-likeness (QED) is 0.735. The molecule has 16 heavy (non-hydrogen) atoms. The fourth-order valence-corrected chi connectivity index (χ4v) is 1.93. The first-order valence-electron chi connectivity index (χ1n) is 5.90. The summed E-state index contributed by atoms with van der Waals surface area (Å²) < 4.78 is 11.9. The Labute approximate surface area is 96.8 Å². The Kier molecular flexibility index (Phi) is 5.52. The Morgan fingerprint density at radius 1 is 1.44 bits per heavy atom. The SMILES string of the molecule is CN(C)C(=O)N1CCC(NCCCF)CC1. The first-order valence-corrected chi connectivity index (χ1v) is 5.90. The molecule has 1 heterocycles. The zero-order chi connectivity index (χ0) is 12.0. The predicted octanol–water partition coefficient (Wildman–Crippen LogP) is 1.08. The third kappa shape index (κ3) is 3.96. The van der Waals surface area contributed by atoms with Crippen LogP contribution in [0.4, 0.5) is 9.18 Å². The number of halogens is 1. The summed E-state index contributed by atoms with van der Waals surface area (Å²) in [7, 11) is 3.54. The highest BCUT2D eigenvalue weighted by molar-refractivity contribution is 5.73. The lowest BCUT2D eigenvalue weighted by atomic mass is 10.1. The van der Waals surface area contributed by atoms with Crippen LogP contribution in [-0.2, 0) is 0 Å². The number of urea groups is 1. The molecule has 2 amide bonds. The van der Waals surface area contributed by atoms with E-state index in [1.165, 1.54) is 0 Å². The maximum absolute atomic E-state index is 11.9. The topological polar surface area (TPSA) is 35.6 Å². The molecule has 0 radical (unpaired) electrons. The molecule has 1 N–H and O–H groups in total. The molecule has 1 fully saturated rings. The number of amides is 2. The smallest absolute Gasteiger partial charge is 0.319 e. The molecule has 1 aliphatic rings. The highest BCUT2D eigenvalue weighted by atomic mass is 19.1. The highest BCUT2D eigenvalue weighted by Crippen LogP contribution is 2.11. The maximum Gasteiger partial charge on any atom is 0.319 e. The van der Waals surface area contributed by atoms with E-state index in [1.54, 1.807) is 19.0 Å². The molecule has 1 aliphatic heterocycles. The molecule has 0 spiro atoms. The van der Waals surface area contributed by atoms with Gasteiger partial charge in [-0.15, -0.1) is 0 Å². The fraction of sp³-hybridized carbons (Fsp3) is 0.909. The van der Waals surface area contributed by atoms with Crippen molar-refractivity contribution < 1.29 is 9.18 Å². The number of carbonyl (C=O) groups is 1. The van der Waals surface area contributed by atoms with Gasteiger partial charge in [0.15, 0.2) is 0 Å². The minimum absolute atomic E-state index is 0.0854. The Hall–Kier alpha value is -0.840. The van der Waals surface area contributed by atoms with Gasteiger partial charge in [-0.05, 0) is 25.8 Å². The average molecular weight is 231 g/mol. The van der Waals surface area contributed by atoms with Crippen molar-refractivity contribution in [2.45, 2.75) is 25.3 Å². The van der Waals surface area contributed by atoms with Gasteiger partial charge in [-0.1, -0.05) is 0 Å². The van der Waals surface area contributed by atoms with Crippen molar-refractivity contribution in [3.8, 4) is 0 Å². The fourth-order valence-electron chi connectivity index (χ4n) is 1.93. The third-order valence-corrected chi connectivity index (χ3v) is 2.89. The molecule has 0 atom stereocenters. The number of piperidine rings is 1. The lowest BCUT2D eigenvalue weighted by Crippen LogP contribution is -2.48. The van der Waals surface area contributed by atoms with E-state index in [0.717, 1.165) is 32.5 Å². The summed E-state index contributed by atoms with van der Waals surface area (Å²) in [5.41, 5.74) is 0. The van der Waals surface area contributed by atoms with Crippen molar-refractivity contribution in [3.63, 3.8) is 0 Å². The monoisotopic (exact) mass is 231 g/mol. The van der Waals surface area contributed by atoms with Gasteiger partial charge in [0.25, 0.3) is 0 Å². The van der Waals surface area contributed by atoms with Crippen LogP contribution >= 0.6 is 0 Å². The Balaban J connectivity index is 2.20. The highest BCUT2D eigenvalue weighted by Gasteiger charge is 2.22. The lowest BCUT2D eigenvalue weighted by Gasteiger charge is -2.34. The van der Waals surface area contributed by atoms with Crippen molar-refractivity contribution in [3.05, 3.63) is 0 Å². The Morgan fingerprint density at radius 2 is 2.06 bits per heavy atom. The van der Waals surface area contributed by atoms with E-state index in [2.05, 4.69) is 5.32 Å². The summed E-state index contributed by atoms with van der Waals surface area (Å²) in [5, 5.41) is 3.32. The molecule has 1 saturated heterocycles. The Bertz CT molecular complexity index is 215. The molecule has 1 rings (SSSR count). The van der Waals surface area contributed by atoms with Gasteiger partial charge in [0.2, 0.25) is 0 Å². The molecule has 0 aromatic rings. The minimum Gasteiger partial charge on any atom is -0.331 e. The molecule has 0 aromatic carbocycles. The zero-order valence-electron chi connectivity index (χ0n) is 10.2. The second kappa shape index (κ2) is 6.68. The summed E-state index contributed by atoms with van der Waals surface area (Å²) in [4.78, 5) is 15.1. The molecule has 0 unspecified atom stereocenters. The molecule has 0 saturated carbocycles. The van der Waals surface area contributed by atoms with Gasteiger partial charge in [-0.2, -0.15) is 0 Å². The number of likely N-dealkylation sites (tertiary alicyclic amines) is 1. The number of carbonyl (C=O) groups excluding carboxylic acids is 1. The van der Waals surface area contributed by atoms with E-state index in [0.29, 0.717) is 12.5 Å². The molecule has 4 nitrogen and oxygen atoms in total. The molecule has 5 heteroatoms. The first kappa shape index (κ1) is 13.2. The van der Waals surface area contributed by atoms with E-state index in [9.17, 15) is 9.18 Å². The van der Waals surface area contributed by atoms with Gasteiger partial charge in [-0.3, -0.25) is 4.39 Å². The van der Waals surface area contributed by atoms with E-state index in [1.807, 2.05) is 4.90 Å². The van der Waals surface area contributed by atoms with E-state index < -0.39 is 0 Å². The molecule has 94 valence electrons. The number of rotatable bonds is 4. The number of hydrogen-bond donors (Lipinski definition) is 1. The normalized spacial score (nSPS) is 17.6. The number of hydrogen-bond acceptors (Lipinski definition) is 2. The van der Waals surface area contributed by atoms with E-state index >= 15 is 0 Å². The van der Waals surface area contributed by atoms with Crippen molar-refractivity contribution in [1.29, 1.82) is 0 Å². The summed E-state index contributed by atoms with van der Waals surface area (Å²) in [6.45, 7) is 2.07. The standard InChI is InChI=1S/C11H22FN3O/c1-14(2)11(16)15-8-4-10(5-9-15)13-7-3-6-12/h10,13H,3-9H2,1-2H3. The average Bonchev–Trinajstić information content (AvgIpc) is 2.29. The second-order valence-electron chi connectivity index (χ2n) is 4.43. The summed E-state index contributed by atoms with van der Waals surface area (Å²) in [5.74, 6) is 0. The van der Waals surface area contributed by atoms with Crippen LogP contribution in [0, 0.1) is 0 Å². The van der Waals surface area contributed by atoms with E-state index in [-0.39, 0.29) is 12.7 Å². The van der Waals surface area contributed by atoms with E-state index in [4.69, 9.17) is 0 Å². The van der Waals surface area contributed by atoms with Crippen LogP contribution in [0.2, 0.25) is 0 Å². The van der Waals surface area contributed by atoms with Gasteiger partial charge in [0.05, 0.1) is 6.67 Å². The number of nitrogens with zero attached hydrogens (tertiary/aromatic N) is 2. The second-order valence-corrected chi connectivity index (χ2v) is 4.43. The van der Waals surface area contributed by atoms with Crippen LogP contribution < -0.4 is 5.32 Å². The van der Waals surface area contributed by atoms with Crippen LogP contribution in [0.3, 0.4) is 0 Å². The minimum atomic E-state index is -0.259. The molecule has 0 aliphatic carbocycles. The summed E-state index contributed by atoms with van der Waals surface area (Å²) in [6.07, 6.45) is 2.51. The van der Waals surface area contributed by atoms with Crippen LogP contribution in [0.5, 0.6) is 0 Å². The Morgan fingerprint density at radius 3 is 2.56 bits per heavy atom. The predicted molar refractivity (Wildman–Crippen MR) is 62.3 cm³/mol. The molecule has 0 bridgehead atoms. The van der Waals surface area contributed by atoms with Crippen molar-refractivity contribution in [2.24, 2.45) is 0 Å². The third-order valence-electron chi connectivity index (χ3n) is 2.89. The van der Waals surface area contributed by atoms with Crippen molar-refractivity contribution in [1.82, 2.24) is 15.1 Å². The first-order chi connectivity index (χ1) is 7.65. The maximum atomic E-state index is 11.9. The van der Waals surface area contributed by atoms with Crippen LogP contribution in [0.1, 0.15) is 19.3 Å².